The first kappa shape index (κ1) is 12.9. The molecular formula is C10H18N2O4. The van der Waals surface area contributed by atoms with E-state index in [1.807, 2.05) is 6.92 Å². The smallest absolute Gasteiger partial charge is 0.324 e. The van der Waals surface area contributed by atoms with E-state index < -0.39 is 17.9 Å². The van der Waals surface area contributed by atoms with E-state index in [1.165, 1.54) is 21.3 Å². The van der Waals surface area contributed by atoms with Gasteiger partial charge in [0.1, 0.15) is 0 Å². The molecule has 3 amide bonds. The van der Waals surface area contributed by atoms with Crippen molar-refractivity contribution in [1.29, 1.82) is 0 Å². The number of rotatable bonds is 5. The zero-order valence-corrected chi connectivity index (χ0v) is 10.1. The summed E-state index contributed by atoms with van der Waals surface area (Å²) in [5.41, 5.74) is -1.09. The first-order valence-corrected chi connectivity index (χ1v) is 5.19. The van der Waals surface area contributed by atoms with Crippen molar-refractivity contribution in [2.75, 3.05) is 21.3 Å². The van der Waals surface area contributed by atoms with E-state index in [4.69, 9.17) is 9.47 Å². The minimum absolute atomic E-state index is 0.312. The molecule has 0 saturated carbocycles. The van der Waals surface area contributed by atoms with Gasteiger partial charge in [-0.25, -0.2) is 4.79 Å². The van der Waals surface area contributed by atoms with Crippen molar-refractivity contribution in [2.24, 2.45) is 0 Å². The van der Waals surface area contributed by atoms with Crippen LogP contribution in [0.3, 0.4) is 0 Å². The number of methoxy groups -OCH3 is 2. The van der Waals surface area contributed by atoms with Crippen LogP contribution in [0.5, 0.6) is 0 Å². The van der Waals surface area contributed by atoms with Crippen LogP contribution in [0.1, 0.15) is 19.8 Å². The summed E-state index contributed by atoms with van der Waals surface area (Å²) in [5, 5.41) is 2.66. The second-order valence-electron chi connectivity index (χ2n) is 3.82. The number of ether oxygens (including phenoxy) is 2. The number of hydrogen-bond donors (Lipinski definition) is 1. The average Bonchev–Trinajstić information content (AvgIpc) is 2.47. The molecule has 0 aromatic heterocycles. The van der Waals surface area contributed by atoms with Gasteiger partial charge >= 0.3 is 6.03 Å². The Labute approximate surface area is 94.9 Å². The topological polar surface area (TPSA) is 67.9 Å². The average molecular weight is 230 g/mol. The number of nitrogens with one attached hydrogen (secondary N) is 1. The van der Waals surface area contributed by atoms with Crippen molar-refractivity contribution in [3.8, 4) is 0 Å². The summed E-state index contributed by atoms with van der Waals surface area (Å²) in [4.78, 5) is 24.6. The maximum Gasteiger partial charge on any atom is 0.324 e. The molecule has 1 aliphatic heterocycles. The molecule has 0 bridgehead atoms. The van der Waals surface area contributed by atoms with Crippen LogP contribution in [0.4, 0.5) is 4.79 Å². The van der Waals surface area contributed by atoms with Gasteiger partial charge in [0.15, 0.2) is 11.8 Å². The summed E-state index contributed by atoms with van der Waals surface area (Å²) in [6, 6.07) is -0.419. The van der Waals surface area contributed by atoms with E-state index in [2.05, 4.69) is 5.32 Å². The molecule has 1 saturated heterocycles. The molecule has 0 spiro atoms. The number of nitrogens with zero attached hydrogens (tertiary/aromatic N) is 1. The number of carbonyl (C=O) groups is 2. The molecule has 1 N–H and O–H groups in total. The maximum absolute atomic E-state index is 12.1. The van der Waals surface area contributed by atoms with Crippen LogP contribution >= 0.6 is 0 Å². The lowest BCUT2D eigenvalue weighted by Gasteiger charge is -2.32. The molecule has 92 valence electrons. The van der Waals surface area contributed by atoms with Crippen LogP contribution in [-0.2, 0) is 14.3 Å². The molecule has 6 nitrogen and oxygen atoms in total. The second-order valence-corrected chi connectivity index (χ2v) is 3.82. The van der Waals surface area contributed by atoms with E-state index in [0.29, 0.717) is 6.42 Å². The molecule has 6 heteroatoms. The Balaban J connectivity index is 3.06. The van der Waals surface area contributed by atoms with Crippen molar-refractivity contribution in [3.05, 3.63) is 0 Å². The molecule has 16 heavy (non-hydrogen) atoms. The van der Waals surface area contributed by atoms with E-state index in [1.54, 1.807) is 0 Å². The molecule has 0 radical (unpaired) electrons. The lowest BCUT2D eigenvalue weighted by Crippen LogP contribution is -2.57. The quantitative estimate of drug-likeness (QED) is 0.546. The Hall–Kier alpha value is -1.14. The van der Waals surface area contributed by atoms with Crippen molar-refractivity contribution < 1.29 is 19.1 Å². The van der Waals surface area contributed by atoms with E-state index >= 15 is 0 Å². The van der Waals surface area contributed by atoms with Gasteiger partial charge in [-0.05, 0) is 6.42 Å². The summed E-state index contributed by atoms with van der Waals surface area (Å²) < 4.78 is 10.2. The third-order valence-electron chi connectivity index (χ3n) is 2.80. The number of urea groups is 1. The fourth-order valence-corrected chi connectivity index (χ4v) is 2.06. The van der Waals surface area contributed by atoms with Gasteiger partial charge in [-0.2, -0.15) is 0 Å². The summed E-state index contributed by atoms with van der Waals surface area (Å²) in [6.45, 7) is 1.93. The van der Waals surface area contributed by atoms with Crippen molar-refractivity contribution in [3.63, 3.8) is 0 Å². The number of carbonyl (C=O) groups excluding carboxylic acids is 2. The lowest BCUT2D eigenvalue weighted by molar-refractivity contribution is -0.169. The van der Waals surface area contributed by atoms with Crippen LogP contribution in [-0.4, -0.2) is 49.9 Å². The first-order valence-electron chi connectivity index (χ1n) is 5.19. The highest BCUT2D eigenvalue weighted by Crippen LogP contribution is 2.28. The Morgan fingerprint density at radius 2 is 1.94 bits per heavy atom. The fourth-order valence-electron chi connectivity index (χ4n) is 2.06. The van der Waals surface area contributed by atoms with Crippen LogP contribution in [0.25, 0.3) is 0 Å². The van der Waals surface area contributed by atoms with E-state index in [-0.39, 0.29) is 5.91 Å². The third kappa shape index (κ3) is 1.78. The normalized spacial score (nSPS) is 25.4. The van der Waals surface area contributed by atoms with Gasteiger partial charge in [-0.3, -0.25) is 9.69 Å². The highest BCUT2D eigenvalue weighted by atomic mass is 16.7. The Bertz CT molecular complexity index is 291. The minimum atomic E-state index is -1.09. The molecule has 1 fully saturated rings. The largest absolute Gasteiger partial charge is 0.353 e. The minimum Gasteiger partial charge on any atom is -0.353 e. The molecule has 0 aromatic carbocycles. The van der Waals surface area contributed by atoms with Crippen LogP contribution in [0, 0.1) is 0 Å². The Morgan fingerprint density at radius 1 is 1.38 bits per heavy atom. The lowest BCUT2D eigenvalue weighted by atomic mass is 9.92. The predicted molar refractivity (Wildman–Crippen MR) is 56.7 cm³/mol. The maximum atomic E-state index is 12.1. The highest BCUT2D eigenvalue weighted by molar-refractivity contribution is 6.07. The number of imide groups is 1. The van der Waals surface area contributed by atoms with Gasteiger partial charge in [0.05, 0.1) is 0 Å². The summed E-state index contributed by atoms with van der Waals surface area (Å²) in [5.74, 6) is -0.312. The first-order chi connectivity index (χ1) is 7.53. The molecule has 1 atom stereocenters. The van der Waals surface area contributed by atoms with Gasteiger partial charge in [0.2, 0.25) is 0 Å². The van der Waals surface area contributed by atoms with Crippen LogP contribution in [0.2, 0.25) is 0 Å². The second kappa shape index (κ2) is 4.80. The molecule has 1 aliphatic rings. The molecule has 1 rings (SSSR count). The van der Waals surface area contributed by atoms with Crippen molar-refractivity contribution in [1.82, 2.24) is 10.2 Å². The summed E-state index contributed by atoms with van der Waals surface area (Å²) in [7, 11) is 4.34. The number of hydrogen-bond acceptors (Lipinski definition) is 4. The SMILES string of the molecule is CCCC1(C(OC)OC)NC(=O)N(C)C1=O. The molecular weight excluding hydrogens is 212 g/mol. The van der Waals surface area contributed by atoms with Gasteiger partial charge < -0.3 is 14.8 Å². The molecule has 1 heterocycles. The molecule has 0 aliphatic carbocycles. The zero-order chi connectivity index (χ0) is 12.3. The number of amides is 3. The van der Waals surface area contributed by atoms with Crippen LogP contribution < -0.4 is 5.32 Å². The Morgan fingerprint density at radius 3 is 2.25 bits per heavy atom. The summed E-state index contributed by atoms with van der Waals surface area (Å²) >= 11 is 0. The molecule has 0 aromatic rings. The van der Waals surface area contributed by atoms with Gasteiger partial charge in [-0.1, -0.05) is 13.3 Å². The van der Waals surface area contributed by atoms with E-state index in [9.17, 15) is 9.59 Å². The summed E-state index contributed by atoms with van der Waals surface area (Å²) in [6.07, 6.45) is 0.450. The standard InChI is InChI=1S/C10H18N2O4/c1-5-6-10(8(15-3)16-4)7(13)12(2)9(14)11-10/h8H,5-6H2,1-4H3,(H,11,14). The van der Waals surface area contributed by atoms with Gasteiger partial charge in [0.25, 0.3) is 5.91 Å². The van der Waals surface area contributed by atoms with Gasteiger partial charge in [-0.15, -0.1) is 0 Å². The zero-order valence-electron chi connectivity index (χ0n) is 10.1. The molecule has 1 unspecified atom stereocenters. The van der Waals surface area contributed by atoms with E-state index in [0.717, 1.165) is 11.3 Å². The van der Waals surface area contributed by atoms with Crippen molar-refractivity contribution in [2.45, 2.75) is 31.6 Å². The predicted octanol–water partition coefficient (Wildman–Crippen LogP) is 0.326. The van der Waals surface area contributed by atoms with Crippen molar-refractivity contribution >= 4 is 11.9 Å². The number of likely N-dealkylation sites (N-methyl/N-ethyl adjacent to an activating group) is 1. The van der Waals surface area contributed by atoms with Gasteiger partial charge in [0, 0.05) is 21.3 Å². The fraction of sp³-hybridized carbons (Fsp3) is 0.800. The Kier molecular flexibility index (Phi) is 3.88. The third-order valence-corrected chi connectivity index (χ3v) is 2.80. The van der Waals surface area contributed by atoms with Crippen LogP contribution in [0.15, 0.2) is 0 Å². The monoisotopic (exact) mass is 230 g/mol. The highest BCUT2D eigenvalue weighted by Gasteiger charge is 2.55.